The molecule has 0 aromatic carbocycles. The molecule has 1 unspecified atom stereocenters. The summed E-state index contributed by atoms with van der Waals surface area (Å²) in [5.41, 5.74) is 0.305. The van der Waals surface area contributed by atoms with Crippen molar-refractivity contribution in [3.63, 3.8) is 0 Å². The molecule has 3 saturated carbocycles. The predicted molar refractivity (Wildman–Crippen MR) is 157 cm³/mol. The van der Waals surface area contributed by atoms with Gasteiger partial charge in [-0.15, -0.1) is 0 Å². The first kappa shape index (κ1) is 33.3. The van der Waals surface area contributed by atoms with Crippen LogP contribution in [0.15, 0.2) is 0 Å². The maximum absolute atomic E-state index is 15.4. The van der Waals surface area contributed by atoms with Gasteiger partial charge in [-0.25, -0.2) is 0 Å². The second kappa shape index (κ2) is 15.9. The van der Waals surface area contributed by atoms with Crippen LogP contribution in [0.1, 0.15) is 130 Å². The summed E-state index contributed by atoms with van der Waals surface area (Å²) in [6, 6.07) is 0. The van der Waals surface area contributed by atoms with Crippen LogP contribution in [0, 0.1) is 23.2 Å². The Hall–Kier alpha value is -0.630. The van der Waals surface area contributed by atoms with Crippen LogP contribution in [0.25, 0.3) is 0 Å². The number of hydrogen-bond acceptors (Lipinski definition) is 5. The summed E-state index contributed by atoms with van der Waals surface area (Å²) >= 11 is 0. The molecule has 3 aliphatic carbocycles. The van der Waals surface area contributed by atoms with Crippen LogP contribution in [0.2, 0.25) is 0 Å². The summed E-state index contributed by atoms with van der Waals surface area (Å²) in [4.78, 5) is 12.4. The SMILES string of the molecule is CCC(=O)C(F)(F)[C@H]1C[C@@H](OCC2CCCCC2)[C@@H](OCC2CCCCC2)[C@@H](COCC2CCCC2(CC)CC)O1. The van der Waals surface area contributed by atoms with E-state index >= 15 is 8.78 Å². The maximum atomic E-state index is 15.4. The summed E-state index contributed by atoms with van der Waals surface area (Å²) < 4.78 is 56.3. The molecule has 1 saturated heterocycles. The van der Waals surface area contributed by atoms with Gasteiger partial charge in [0.15, 0.2) is 0 Å². The molecule has 0 bridgehead atoms. The highest BCUT2D eigenvalue weighted by Crippen LogP contribution is 2.48. The third kappa shape index (κ3) is 8.51. The number of carbonyl (C=O) groups excluding carboxylic acids is 1. The van der Waals surface area contributed by atoms with Gasteiger partial charge in [0.25, 0.3) is 0 Å². The van der Waals surface area contributed by atoms with Crippen molar-refractivity contribution in [3.05, 3.63) is 0 Å². The molecule has 5 nitrogen and oxygen atoms in total. The molecule has 4 aliphatic rings. The number of ketones is 1. The molecule has 1 heterocycles. The maximum Gasteiger partial charge on any atom is 0.330 e. The fraction of sp³-hybridized carbons (Fsp3) is 0.971. The minimum Gasteiger partial charge on any atom is -0.378 e. The van der Waals surface area contributed by atoms with Gasteiger partial charge in [0, 0.05) is 19.4 Å². The Morgan fingerprint density at radius 3 is 2.00 bits per heavy atom. The molecular weight excluding hydrogens is 526 g/mol. The molecule has 0 spiro atoms. The van der Waals surface area contributed by atoms with E-state index in [4.69, 9.17) is 18.9 Å². The van der Waals surface area contributed by atoms with Crippen molar-refractivity contribution in [1.82, 2.24) is 0 Å². The number of carbonyl (C=O) groups is 1. The minimum atomic E-state index is -3.56. The molecule has 1 aliphatic heterocycles. The average molecular weight is 585 g/mol. The largest absolute Gasteiger partial charge is 0.378 e. The zero-order chi connectivity index (χ0) is 29.3. The van der Waals surface area contributed by atoms with E-state index < -0.39 is 36.1 Å². The fourth-order valence-electron chi connectivity index (χ4n) is 8.28. The molecule has 7 heteroatoms. The lowest BCUT2D eigenvalue weighted by molar-refractivity contribution is -0.257. The number of hydrogen-bond donors (Lipinski definition) is 0. The highest BCUT2D eigenvalue weighted by atomic mass is 19.3. The van der Waals surface area contributed by atoms with Crippen molar-refractivity contribution < 1.29 is 32.5 Å². The van der Waals surface area contributed by atoms with E-state index in [2.05, 4.69) is 13.8 Å². The number of ether oxygens (including phenoxy) is 4. The van der Waals surface area contributed by atoms with E-state index in [-0.39, 0.29) is 19.4 Å². The summed E-state index contributed by atoms with van der Waals surface area (Å²) in [6.07, 6.45) is 14.3. The first-order chi connectivity index (χ1) is 19.8. The standard InChI is InChI=1S/C34H58F2O5/c1-4-30(37)34(35,36)31-20-28(39-21-25-14-9-7-10-15-25)32(40-22-26-16-11-8-12-17-26)29(41-31)24-38-23-27-18-13-19-33(27,5-2)6-3/h25-29,31-32H,4-24H2,1-3H3/t27?,28-,29-,31-,32-/m1/s1. The summed E-state index contributed by atoms with van der Waals surface area (Å²) in [7, 11) is 0. The van der Waals surface area contributed by atoms with Crippen molar-refractivity contribution in [2.75, 3.05) is 26.4 Å². The van der Waals surface area contributed by atoms with Crippen LogP contribution >= 0.6 is 0 Å². The van der Waals surface area contributed by atoms with Crippen LogP contribution in [-0.2, 0) is 23.7 Å². The normalized spacial score (nSPS) is 31.9. The van der Waals surface area contributed by atoms with Crippen molar-refractivity contribution >= 4 is 5.78 Å². The molecule has 0 amide bonds. The summed E-state index contributed by atoms with van der Waals surface area (Å²) in [6.45, 7) is 7.98. The third-order valence-electron chi connectivity index (χ3n) is 11.2. The highest BCUT2D eigenvalue weighted by Gasteiger charge is 2.54. The van der Waals surface area contributed by atoms with Gasteiger partial charge >= 0.3 is 5.92 Å². The number of halogens is 2. The molecule has 0 N–H and O–H groups in total. The molecule has 238 valence electrons. The van der Waals surface area contributed by atoms with E-state index in [0.29, 0.717) is 43.0 Å². The molecule has 0 aromatic heterocycles. The van der Waals surface area contributed by atoms with E-state index in [1.54, 1.807) is 0 Å². The zero-order valence-corrected chi connectivity index (χ0v) is 26.2. The third-order valence-corrected chi connectivity index (χ3v) is 11.2. The van der Waals surface area contributed by atoms with Crippen LogP contribution in [0.4, 0.5) is 8.78 Å². The van der Waals surface area contributed by atoms with Crippen LogP contribution in [0.5, 0.6) is 0 Å². The lowest BCUT2D eigenvalue weighted by Crippen LogP contribution is -2.58. The molecule has 5 atom stereocenters. The van der Waals surface area contributed by atoms with Crippen LogP contribution in [-0.4, -0.2) is 62.5 Å². The molecule has 4 fully saturated rings. The van der Waals surface area contributed by atoms with E-state index in [1.807, 2.05) is 0 Å². The second-order valence-electron chi connectivity index (χ2n) is 13.7. The highest BCUT2D eigenvalue weighted by molar-refractivity contribution is 5.86. The van der Waals surface area contributed by atoms with Gasteiger partial charge in [-0.1, -0.05) is 78.6 Å². The molecular formula is C34H58F2O5. The molecule has 4 rings (SSSR count). The minimum absolute atomic E-state index is 0.0330. The Morgan fingerprint density at radius 1 is 0.805 bits per heavy atom. The zero-order valence-electron chi connectivity index (χ0n) is 26.2. The number of Topliss-reactive ketones (excluding diaryl/α,β-unsaturated/α-hetero) is 1. The van der Waals surface area contributed by atoms with Gasteiger partial charge in [0.05, 0.1) is 25.9 Å². The van der Waals surface area contributed by atoms with E-state index in [9.17, 15) is 4.79 Å². The second-order valence-corrected chi connectivity index (χ2v) is 13.7. The van der Waals surface area contributed by atoms with Crippen LogP contribution < -0.4 is 0 Å². The summed E-state index contributed by atoms with van der Waals surface area (Å²) in [5, 5.41) is 0. The van der Waals surface area contributed by atoms with Crippen molar-refractivity contribution in [1.29, 1.82) is 0 Å². The summed E-state index contributed by atoms with van der Waals surface area (Å²) in [5.74, 6) is -3.22. The molecule has 0 radical (unpaired) electrons. The van der Waals surface area contributed by atoms with Crippen LogP contribution in [0.3, 0.4) is 0 Å². The van der Waals surface area contributed by atoms with Gasteiger partial charge in [0.2, 0.25) is 5.78 Å². The quantitative estimate of drug-likeness (QED) is 0.194. The van der Waals surface area contributed by atoms with Crippen molar-refractivity contribution in [2.24, 2.45) is 23.2 Å². The Kier molecular flexibility index (Phi) is 12.9. The van der Waals surface area contributed by atoms with Gasteiger partial charge in [0.1, 0.15) is 18.3 Å². The fourth-order valence-corrected chi connectivity index (χ4v) is 8.28. The van der Waals surface area contributed by atoms with Gasteiger partial charge in [-0.3, -0.25) is 4.79 Å². The molecule has 41 heavy (non-hydrogen) atoms. The molecule has 0 aromatic rings. The Bertz CT molecular complexity index is 775. The van der Waals surface area contributed by atoms with Gasteiger partial charge in [-0.2, -0.15) is 8.78 Å². The monoisotopic (exact) mass is 584 g/mol. The smallest absolute Gasteiger partial charge is 0.330 e. The first-order valence-corrected chi connectivity index (χ1v) is 17.2. The Morgan fingerprint density at radius 2 is 1.41 bits per heavy atom. The van der Waals surface area contributed by atoms with Gasteiger partial charge < -0.3 is 18.9 Å². The van der Waals surface area contributed by atoms with Gasteiger partial charge in [-0.05, 0) is 61.7 Å². The van der Waals surface area contributed by atoms with E-state index in [0.717, 1.165) is 44.9 Å². The number of rotatable bonds is 15. The predicted octanol–water partition coefficient (Wildman–Crippen LogP) is 8.31. The lowest BCUT2D eigenvalue weighted by atomic mass is 9.74. The van der Waals surface area contributed by atoms with E-state index in [1.165, 1.54) is 58.3 Å². The number of alkyl halides is 2. The first-order valence-electron chi connectivity index (χ1n) is 17.2. The Labute approximate surface area is 248 Å². The van der Waals surface area contributed by atoms with Crippen molar-refractivity contribution in [3.8, 4) is 0 Å². The van der Waals surface area contributed by atoms with Crippen molar-refractivity contribution in [2.45, 2.75) is 160 Å². The average Bonchev–Trinajstić information content (AvgIpc) is 3.42. The Balaban J connectivity index is 1.49. The topological polar surface area (TPSA) is 54.0 Å². The lowest BCUT2D eigenvalue weighted by Gasteiger charge is -2.44.